The van der Waals surface area contributed by atoms with Crippen molar-refractivity contribution < 1.29 is 17.9 Å². The molecule has 1 fully saturated rings. The van der Waals surface area contributed by atoms with E-state index in [2.05, 4.69) is 0 Å². The third kappa shape index (κ3) is 3.48. The molecule has 0 radical (unpaired) electrons. The highest BCUT2D eigenvalue weighted by molar-refractivity contribution is 7.89. The molecule has 0 spiro atoms. The Labute approximate surface area is 131 Å². The summed E-state index contributed by atoms with van der Waals surface area (Å²) in [6, 6.07) is 6.11. The second kappa shape index (κ2) is 7.21. The molecule has 1 aliphatic rings. The zero-order valence-electron chi connectivity index (χ0n) is 13.0. The van der Waals surface area contributed by atoms with Crippen LogP contribution >= 0.6 is 0 Å². The van der Waals surface area contributed by atoms with Gasteiger partial charge in [-0.15, -0.1) is 0 Å². The van der Waals surface area contributed by atoms with Gasteiger partial charge in [0, 0.05) is 25.2 Å². The van der Waals surface area contributed by atoms with Crippen LogP contribution < -0.4 is 0 Å². The molecular weight excluding hydrogens is 304 g/mol. The van der Waals surface area contributed by atoms with E-state index in [-0.39, 0.29) is 10.8 Å². The highest BCUT2D eigenvalue weighted by Crippen LogP contribution is 2.17. The number of hydrogen-bond acceptors (Lipinski definition) is 4. The van der Waals surface area contributed by atoms with Crippen LogP contribution in [-0.4, -0.2) is 56.5 Å². The maximum atomic E-state index is 12.4. The van der Waals surface area contributed by atoms with Crippen molar-refractivity contribution in [3.05, 3.63) is 29.8 Å². The summed E-state index contributed by atoms with van der Waals surface area (Å²) < 4.78 is 31.4. The number of benzene rings is 1. The first-order chi connectivity index (χ1) is 10.5. The fourth-order valence-corrected chi connectivity index (χ4v) is 3.88. The maximum absolute atomic E-state index is 12.4. The predicted octanol–water partition coefficient (Wildman–Crippen LogP) is 1.54. The van der Waals surface area contributed by atoms with Crippen molar-refractivity contribution in [1.82, 2.24) is 9.21 Å². The van der Waals surface area contributed by atoms with Crippen molar-refractivity contribution in [1.29, 1.82) is 0 Å². The van der Waals surface area contributed by atoms with Crippen LogP contribution in [0.15, 0.2) is 29.2 Å². The van der Waals surface area contributed by atoms with Gasteiger partial charge in [-0.2, -0.15) is 4.31 Å². The molecule has 1 aliphatic heterocycles. The Hall–Kier alpha value is -1.44. The Morgan fingerprint density at radius 2 is 1.86 bits per heavy atom. The SMILES string of the molecule is CCN(CC)S(=O)(=O)c1ccc(C(=O)N2CCCOC2)cc1. The molecule has 0 saturated carbocycles. The van der Waals surface area contributed by atoms with Crippen LogP contribution in [0.5, 0.6) is 0 Å². The Bertz CT molecular complexity index is 603. The fraction of sp³-hybridized carbons (Fsp3) is 0.533. The summed E-state index contributed by atoms with van der Waals surface area (Å²) in [5, 5.41) is 0. The summed E-state index contributed by atoms with van der Waals surface area (Å²) in [6.45, 7) is 6.07. The van der Waals surface area contributed by atoms with Gasteiger partial charge in [-0.3, -0.25) is 4.79 Å². The van der Waals surface area contributed by atoms with Gasteiger partial charge < -0.3 is 9.64 Å². The fourth-order valence-electron chi connectivity index (χ4n) is 2.42. The van der Waals surface area contributed by atoms with E-state index in [0.29, 0.717) is 38.5 Å². The van der Waals surface area contributed by atoms with Crippen molar-refractivity contribution in [3.63, 3.8) is 0 Å². The van der Waals surface area contributed by atoms with Crippen LogP contribution in [0.4, 0.5) is 0 Å². The van der Waals surface area contributed by atoms with E-state index in [4.69, 9.17) is 4.74 Å². The molecule has 7 heteroatoms. The number of sulfonamides is 1. The molecule has 0 N–H and O–H groups in total. The minimum atomic E-state index is -3.48. The Morgan fingerprint density at radius 1 is 1.23 bits per heavy atom. The first kappa shape index (κ1) is 16.9. The van der Waals surface area contributed by atoms with Gasteiger partial charge in [0.05, 0.1) is 11.5 Å². The van der Waals surface area contributed by atoms with Gasteiger partial charge >= 0.3 is 0 Å². The Morgan fingerprint density at radius 3 is 2.36 bits per heavy atom. The van der Waals surface area contributed by atoms with E-state index in [1.165, 1.54) is 16.4 Å². The summed E-state index contributed by atoms with van der Waals surface area (Å²) >= 11 is 0. The number of carbonyl (C=O) groups is 1. The molecule has 0 aromatic heterocycles. The van der Waals surface area contributed by atoms with E-state index in [1.54, 1.807) is 30.9 Å². The zero-order chi connectivity index (χ0) is 16.2. The highest BCUT2D eigenvalue weighted by Gasteiger charge is 2.23. The minimum absolute atomic E-state index is 0.133. The van der Waals surface area contributed by atoms with Crippen LogP contribution in [0, 0.1) is 0 Å². The van der Waals surface area contributed by atoms with Gasteiger partial charge in [0.25, 0.3) is 5.91 Å². The predicted molar refractivity (Wildman–Crippen MR) is 83.0 cm³/mol. The third-order valence-corrected chi connectivity index (χ3v) is 5.76. The first-order valence-corrected chi connectivity index (χ1v) is 8.92. The molecule has 6 nitrogen and oxygen atoms in total. The number of nitrogens with zero attached hydrogens (tertiary/aromatic N) is 2. The van der Waals surface area contributed by atoms with Gasteiger partial charge in [-0.1, -0.05) is 13.8 Å². The van der Waals surface area contributed by atoms with Gasteiger partial charge in [0.1, 0.15) is 6.73 Å². The summed E-state index contributed by atoms with van der Waals surface area (Å²) in [6.07, 6.45) is 0.820. The normalized spacial score (nSPS) is 16.0. The van der Waals surface area contributed by atoms with E-state index < -0.39 is 10.0 Å². The molecule has 0 aliphatic carbocycles. The summed E-state index contributed by atoms with van der Waals surface area (Å²) in [5.74, 6) is -0.133. The molecule has 2 rings (SSSR count). The molecule has 0 unspecified atom stereocenters. The largest absolute Gasteiger partial charge is 0.361 e. The van der Waals surface area contributed by atoms with Crippen LogP contribution in [-0.2, 0) is 14.8 Å². The van der Waals surface area contributed by atoms with Crippen molar-refractivity contribution in [2.24, 2.45) is 0 Å². The molecule has 0 atom stereocenters. The lowest BCUT2D eigenvalue weighted by Crippen LogP contribution is -2.38. The monoisotopic (exact) mass is 326 g/mol. The summed E-state index contributed by atoms with van der Waals surface area (Å²) in [7, 11) is -3.48. The average Bonchev–Trinajstić information content (AvgIpc) is 2.56. The van der Waals surface area contributed by atoms with Gasteiger partial charge in [0.2, 0.25) is 10.0 Å². The standard InChI is InChI=1S/C15H22N2O4S/c1-3-17(4-2)22(19,20)14-8-6-13(7-9-14)15(18)16-10-5-11-21-12-16/h6-9H,3-5,10-12H2,1-2H3. The molecule has 0 bridgehead atoms. The summed E-state index contributed by atoms with van der Waals surface area (Å²) in [4.78, 5) is 14.1. The second-order valence-corrected chi connectivity index (χ2v) is 7.01. The highest BCUT2D eigenvalue weighted by atomic mass is 32.2. The van der Waals surface area contributed by atoms with E-state index in [1.807, 2.05) is 0 Å². The third-order valence-electron chi connectivity index (χ3n) is 3.70. The van der Waals surface area contributed by atoms with E-state index in [9.17, 15) is 13.2 Å². The molecule has 1 aromatic carbocycles. The molecule has 1 heterocycles. The first-order valence-electron chi connectivity index (χ1n) is 7.48. The van der Waals surface area contributed by atoms with E-state index in [0.717, 1.165) is 6.42 Å². The van der Waals surface area contributed by atoms with Crippen LogP contribution in [0.3, 0.4) is 0 Å². The lowest BCUT2D eigenvalue weighted by Gasteiger charge is -2.26. The van der Waals surface area contributed by atoms with Crippen molar-refractivity contribution in [2.75, 3.05) is 33.0 Å². The number of hydrogen-bond donors (Lipinski definition) is 0. The Kier molecular flexibility index (Phi) is 5.55. The van der Waals surface area contributed by atoms with Crippen LogP contribution in [0.1, 0.15) is 30.6 Å². The molecule has 1 saturated heterocycles. The van der Waals surface area contributed by atoms with Crippen molar-refractivity contribution in [3.8, 4) is 0 Å². The Balaban J connectivity index is 2.18. The van der Waals surface area contributed by atoms with Crippen molar-refractivity contribution in [2.45, 2.75) is 25.2 Å². The molecule has 22 heavy (non-hydrogen) atoms. The number of amides is 1. The molecular formula is C15H22N2O4S. The van der Waals surface area contributed by atoms with Gasteiger partial charge in [-0.05, 0) is 30.7 Å². The van der Waals surface area contributed by atoms with Crippen LogP contribution in [0.2, 0.25) is 0 Å². The quantitative estimate of drug-likeness (QED) is 0.823. The van der Waals surface area contributed by atoms with Gasteiger partial charge in [0.15, 0.2) is 0 Å². The van der Waals surface area contributed by atoms with E-state index >= 15 is 0 Å². The maximum Gasteiger partial charge on any atom is 0.255 e. The van der Waals surface area contributed by atoms with Crippen LogP contribution in [0.25, 0.3) is 0 Å². The number of ether oxygens (including phenoxy) is 1. The van der Waals surface area contributed by atoms with Crippen molar-refractivity contribution >= 4 is 15.9 Å². The van der Waals surface area contributed by atoms with Gasteiger partial charge in [-0.25, -0.2) is 8.42 Å². The molecule has 1 aromatic rings. The minimum Gasteiger partial charge on any atom is -0.361 e. The second-order valence-electron chi connectivity index (χ2n) is 5.07. The molecule has 1 amide bonds. The zero-order valence-corrected chi connectivity index (χ0v) is 13.8. The molecule has 122 valence electrons. The lowest BCUT2D eigenvalue weighted by atomic mass is 10.2. The average molecular weight is 326 g/mol. The topological polar surface area (TPSA) is 66.9 Å². The lowest BCUT2D eigenvalue weighted by molar-refractivity contribution is -0.00571. The number of rotatable bonds is 5. The number of carbonyl (C=O) groups excluding carboxylic acids is 1. The smallest absolute Gasteiger partial charge is 0.255 e. The summed E-state index contributed by atoms with van der Waals surface area (Å²) in [5.41, 5.74) is 0.476.